The van der Waals surface area contributed by atoms with Gasteiger partial charge in [-0.15, -0.1) is 0 Å². The maximum absolute atomic E-state index is 11.7. The molecular formula is C10H17NO5. The number of aliphatic hydroxyl groups excluding tert-OH is 3. The van der Waals surface area contributed by atoms with Gasteiger partial charge in [-0.25, -0.2) is 0 Å². The number of carbonyl (C=O) groups is 2. The van der Waals surface area contributed by atoms with Gasteiger partial charge in [-0.1, -0.05) is 0 Å². The Bertz CT molecular complexity index is 248. The van der Waals surface area contributed by atoms with Crippen LogP contribution in [0.1, 0.15) is 25.7 Å². The number of hydrogen-bond acceptors (Lipinski definition) is 5. The van der Waals surface area contributed by atoms with Gasteiger partial charge in [0.15, 0.2) is 0 Å². The zero-order chi connectivity index (χ0) is 12.2. The lowest BCUT2D eigenvalue weighted by molar-refractivity contribution is -0.159. The molecule has 1 aliphatic rings. The van der Waals surface area contributed by atoms with Crippen molar-refractivity contribution in [2.45, 2.75) is 31.2 Å². The van der Waals surface area contributed by atoms with Gasteiger partial charge < -0.3 is 15.3 Å². The monoisotopic (exact) mass is 231 g/mol. The summed E-state index contributed by atoms with van der Waals surface area (Å²) in [7, 11) is 0. The Labute approximate surface area is 93.5 Å². The molecular weight excluding hydrogens is 214 g/mol. The molecule has 0 aromatic heterocycles. The predicted octanol–water partition coefficient (Wildman–Crippen LogP) is -1.37. The van der Waals surface area contributed by atoms with E-state index in [2.05, 4.69) is 0 Å². The van der Waals surface area contributed by atoms with Crippen molar-refractivity contribution in [3.63, 3.8) is 0 Å². The predicted molar refractivity (Wildman–Crippen MR) is 54.3 cm³/mol. The van der Waals surface area contributed by atoms with E-state index in [-0.39, 0.29) is 12.8 Å². The maximum atomic E-state index is 11.7. The van der Waals surface area contributed by atoms with Crippen molar-refractivity contribution < 1.29 is 24.9 Å². The van der Waals surface area contributed by atoms with Gasteiger partial charge in [0, 0.05) is 12.8 Å². The van der Waals surface area contributed by atoms with E-state index < -0.39 is 37.2 Å². The highest BCUT2D eigenvalue weighted by molar-refractivity contribution is 5.97. The number of imide groups is 1. The van der Waals surface area contributed by atoms with E-state index in [4.69, 9.17) is 0 Å². The zero-order valence-electron chi connectivity index (χ0n) is 9.06. The first-order valence-corrected chi connectivity index (χ1v) is 5.30. The smallest absolute Gasteiger partial charge is 0.229 e. The molecule has 0 bridgehead atoms. The molecule has 1 rings (SSSR count). The molecule has 0 radical (unpaired) electrons. The van der Waals surface area contributed by atoms with Crippen molar-refractivity contribution in [3.05, 3.63) is 0 Å². The number of aliphatic hydroxyl groups is 3. The first-order chi connectivity index (χ1) is 7.61. The minimum atomic E-state index is -1.57. The third-order valence-electron chi connectivity index (χ3n) is 2.89. The minimum absolute atomic E-state index is 0.202. The summed E-state index contributed by atoms with van der Waals surface area (Å²) in [5.74, 6) is -0.890. The van der Waals surface area contributed by atoms with Crippen LogP contribution in [0.5, 0.6) is 0 Å². The molecule has 0 saturated carbocycles. The zero-order valence-corrected chi connectivity index (χ0v) is 9.06. The molecule has 92 valence electrons. The first-order valence-electron chi connectivity index (χ1n) is 5.30. The first kappa shape index (κ1) is 13.1. The van der Waals surface area contributed by atoms with Crippen molar-refractivity contribution in [2.75, 3.05) is 19.8 Å². The fourth-order valence-electron chi connectivity index (χ4n) is 1.81. The molecule has 2 amide bonds. The lowest BCUT2D eigenvalue weighted by atomic mass is 9.99. The minimum Gasteiger partial charge on any atom is -0.394 e. The van der Waals surface area contributed by atoms with E-state index in [0.717, 1.165) is 4.90 Å². The molecule has 1 fully saturated rings. The van der Waals surface area contributed by atoms with E-state index in [1.54, 1.807) is 0 Å². The van der Waals surface area contributed by atoms with Crippen LogP contribution >= 0.6 is 0 Å². The highest BCUT2D eigenvalue weighted by atomic mass is 16.3. The number of likely N-dealkylation sites (tertiary alicyclic amines) is 1. The fraction of sp³-hybridized carbons (Fsp3) is 0.800. The third kappa shape index (κ3) is 2.23. The largest absolute Gasteiger partial charge is 0.394 e. The Hall–Kier alpha value is -0.980. The van der Waals surface area contributed by atoms with Gasteiger partial charge in [-0.3, -0.25) is 14.5 Å². The van der Waals surface area contributed by atoms with E-state index in [0.29, 0.717) is 12.8 Å². The van der Waals surface area contributed by atoms with Crippen LogP contribution in [0.2, 0.25) is 0 Å². The van der Waals surface area contributed by atoms with Crippen LogP contribution in [-0.4, -0.2) is 57.4 Å². The van der Waals surface area contributed by atoms with Gasteiger partial charge in [0.05, 0.1) is 19.8 Å². The Kier molecular flexibility index (Phi) is 4.40. The Morgan fingerprint density at radius 3 is 1.62 bits per heavy atom. The third-order valence-corrected chi connectivity index (χ3v) is 2.89. The highest BCUT2D eigenvalue weighted by Crippen LogP contribution is 2.22. The number of carbonyl (C=O) groups excluding carboxylic acids is 2. The van der Waals surface area contributed by atoms with Gasteiger partial charge in [0.1, 0.15) is 5.54 Å². The summed E-state index contributed by atoms with van der Waals surface area (Å²) in [5, 5.41) is 27.6. The van der Waals surface area contributed by atoms with Gasteiger partial charge in [0.25, 0.3) is 0 Å². The number of rotatable bonds is 4. The molecule has 1 aliphatic heterocycles. The number of hydrogen-bond donors (Lipinski definition) is 3. The molecule has 0 atom stereocenters. The summed E-state index contributed by atoms with van der Waals surface area (Å²) in [4.78, 5) is 24.3. The van der Waals surface area contributed by atoms with Crippen molar-refractivity contribution in [1.29, 1.82) is 0 Å². The molecule has 0 aliphatic carbocycles. The normalized spacial score (nSPS) is 18.8. The van der Waals surface area contributed by atoms with Gasteiger partial charge in [-0.05, 0) is 12.8 Å². The molecule has 0 unspecified atom stereocenters. The lowest BCUT2D eigenvalue weighted by Crippen LogP contribution is -2.61. The van der Waals surface area contributed by atoms with Gasteiger partial charge in [0.2, 0.25) is 11.8 Å². The average Bonchev–Trinajstić information content (AvgIpc) is 2.46. The molecule has 0 spiro atoms. The van der Waals surface area contributed by atoms with Crippen LogP contribution in [0.4, 0.5) is 0 Å². The van der Waals surface area contributed by atoms with Crippen molar-refractivity contribution >= 4 is 11.8 Å². The average molecular weight is 231 g/mol. The standard InChI is InChI=1S/C10H17NO5/c12-5-10(6-13,7-14)11-8(15)3-1-2-4-9(11)16/h12-14H,1-7H2. The molecule has 6 nitrogen and oxygen atoms in total. The summed E-state index contributed by atoms with van der Waals surface area (Å²) >= 11 is 0. The van der Waals surface area contributed by atoms with Gasteiger partial charge >= 0.3 is 0 Å². The second-order valence-corrected chi connectivity index (χ2v) is 4.03. The van der Waals surface area contributed by atoms with Crippen LogP contribution in [0.3, 0.4) is 0 Å². The second kappa shape index (κ2) is 5.38. The van der Waals surface area contributed by atoms with E-state index in [1.807, 2.05) is 0 Å². The quantitative estimate of drug-likeness (QED) is 0.519. The Morgan fingerprint density at radius 1 is 0.938 bits per heavy atom. The summed E-state index contributed by atoms with van der Waals surface area (Å²) < 4.78 is 0. The van der Waals surface area contributed by atoms with Crippen LogP contribution in [0, 0.1) is 0 Å². The van der Waals surface area contributed by atoms with Crippen molar-refractivity contribution in [3.8, 4) is 0 Å². The van der Waals surface area contributed by atoms with Crippen LogP contribution in [0.25, 0.3) is 0 Å². The van der Waals surface area contributed by atoms with E-state index in [1.165, 1.54) is 0 Å². The molecule has 0 aromatic rings. The highest BCUT2D eigenvalue weighted by Gasteiger charge is 2.42. The molecule has 6 heteroatoms. The van der Waals surface area contributed by atoms with Gasteiger partial charge in [-0.2, -0.15) is 0 Å². The summed E-state index contributed by atoms with van der Waals surface area (Å²) in [6, 6.07) is 0. The second-order valence-electron chi connectivity index (χ2n) is 4.03. The van der Waals surface area contributed by atoms with Crippen LogP contribution in [-0.2, 0) is 9.59 Å². The van der Waals surface area contributed by atoms with Crippen LogP contribution in [0.15, 0.2) is 0 Å². The molecule has 3 N–H and O–H groups in total. The Morgan fingerprint density at radius 2 is 1.31 bits per heavy atom. The lowest BCUT2D eigenvalue weighted by Gasteiger charge is -2.37. The molecule has 0 aromatic carbocycles. The molecule has 16 heavy (non-hydrogen) atoms. The summed E-state index contributed by atoms with van der Waals surface area (Å²) in [5.41, 5.74) is -1.57. The van der Waals surface area contributed by atoms with E-state index >= 15 is 0 Å². The Balaban J connectivity index is 3.03. The molecule has 1 saturated heterocycles. The molecule has 1 heterocycles. The maximum Gasteiger partial charge on any atom is 0.229 e. The number of nitrogens with zero attached hydrogens (tertiary/aromatic N) is 1. The summed E-state index contributed by atoms with van der Waals surface area (Å²) in [6.45, 7) is -1.92. The SMILES string of the molecule is O=C1CCCCC(=O)N1C(CO)(CO)CO. The van der Waals surface area contributed by atoms with E-state index in [9.17, 15) is 24.9 Å². The topological polar surface area (TPSA) is 98.1 Å². The number of amides is 2. The van der Waals surface area contributed by atoms with Crippen molar-refractivity contribution in [2.24, 2.45) is 0 Å². The fourth-order valence-corrected chi connectivity index (χ4v) is 1.81. The summed E-state index contributed by atoms with van der Waals surface area (Å²) in [6.07, 6.45) is 1.62. The van der Waals surface area contributed by atoms with Crippen molar-refractivity contribution in [1.82, 2.24) is 4.90 Å². The van der Waals surface area contributed by atoms with Crippen LogP contribution < -0.4 is 0 Å².